The first-order chi connectivity index (χ1) is 8.10. The average molecular weight is 238 g/mol. The molecule has 4 unspecified atom stereocenters. The van der Waals surface area contributed by atoms with Crippen molar-refractivity contribution in [1.82, 2.24) is 10.2 Å². The van der Waals surface area contributed by atoms with Gasteiger partial charge in [-0.2, -0.15) is 0 Å². The van der Waals surface area contributed by atoms with Gasteiger partial charge in [-0.25, -0.2) is 0 Å². The fraction of sp³-hybridized carbons (Fsp3) is 0.846. The quantitative estimate of drug-likeness (QED) is 0.703. The third-order valence-electron chi connectivity index (χ3n) is 4.13. The molecule has 0 radical (unpaired) electrons. The molecule has 1 aliphatic carbocycles. The molecule has 0 spiro atoms. The van der Waals surface area contributed by atoms with Gasteiger partial charge in [0, 0.05) is 12.6 Å². The first-order valence-corrected chi connectivity index (χ1v) is 6.68. The number of hydrogen-bond donors (Lipinski definition) is 1. The van der Waals surface area contributed by atoms with Crippen LogP contribution in [0.1, 0.15) is 33.6 Å². The number of likely N-dealkylation sites (tertiary alicyclic amines) is 1. The lowest BCUT2D eigenvalue weighted by atomic mass is 9.98. The normalized spacial score (nSPS) is 30.4. The molecule has 17 heavy (non-hydrogen) atoms. The van der Waals surface area contributed by atoms with Crippen molar-refractivity contribution in [3.05, 3.63) is 0 Å². The zero-order chi connectivity index (χ0) is 12.6. The Morgan fingerprint density at radius 1 is 1.29 bits per heavy atom. The molecule has 4 atom stereocenters. The van der Waals surface area contributed by atoms with Gasteiger partial charge in [0.25, 0.3) is 0 Å². The summed E-state index contributed by atoms with van der Waals surface area (Å²) in [7, 11) is 0. The summed E-state index contributed by atoms with van der Waals surface area (Å²) in [5.74, 6) is 0.660. The van der Waals surface area contributed by atoms with Crippen molar-refractivity contribution in [2.45, 2.75) is 39.7 Å². The second-order valence-corrected chi connectivity index (χ2v) is 5.29. The monoisotopic (exact) mass is 238 g/mol. The van der Waals surface area contributed by atoms with E-state index in [0.717, 1.165) is 19.4 Å². The lowest BCUT2D eigenvalue weighted by Gasteiger charge is -2.28. The molecule has 2 rings (SSSR count). The lowest BCUT2D eigenvalue weighted by Crippen LogP contribution is -2.47. The number of likely N-dealkylation sites (N-methyl/N-ethyl adjacent to an activating group) is 1. The van der Waals surface area contributed by atoms with Gasteiger partial charge >= 0.3 is 0 Å². The number of piperidine rings is 1. The molecule has 0 aromatic heterocycles. The van der Waals surface area contributed by atoms with Crippen LogP contribution in [0.5, 0.6) is 0 Å². The van der Waals surface area contributed by atoms with Gasteiger partial charge in [-0.3, -0.25) is 14.5 Å². The van der Waals surface area contributed by atoms with Crippen LogP contribution >= 0.6 is 0 Å². The molecule has 1 heterocycles. The predicted octanol–water partition coefficient (Wildman–Crippen LogP) is 1.02. The molecule has 2 fully saturated rings. The standard InChI is InChI=1S/C13H22N2O2/c1-4-8(3)11(14-5-2)7-15-12(16)9-6-10(9)13(15)17/h8-11,14H,4-7H2,1-3H3. The van der Waals surface area contributed by atoms with E-state index in [-0.39, 0.29) is 29.7 Å². The summed E-state index contributed by atoms with van der Waals surface area (Å²) in [6, 6.07) is 0.232. The minimum Gasteiger partial charge on any atom is -0.312 e. The van der Waals surface area contributed by atoms with Crippen molar-refractivity contribution in [2.75, 3.05) is 13.1 Å². The lowest BCUT2D eigenvalue weighted by molar-refractivity contribution is -0.141. The second-order valence-electron chi connectivity index (χ2n) is 5.29. The highest BCUT2D eigenvalue weighted by Crippen LogP contribution is 2.47. The molecule has 0 aromatic carbocycles. The van der Waals surface area contributed by atoms with Gasteiger partial charge in [0.15, 0.2) is 0 Å². The van der Waals surface area contributed by atoms with Crippen molar-refractivity contribution in [1.29, 1.82) is 0 Å². The van der Waals surface area contributed by atoms with E-state index >= 15 is 0 Å². The van der Waals surface area contributed by atoms with Crippen LogP contribution in [0.15, 0.2) is 0 Å². The Labute approximate surface area is 103 Å². The number of rotatable bonds is 6. The van der Waals surface area contributed by atoms with Crippen LogP contribution in [-0.4, -0.2) is 35.8 Å². The van der Waals surface area contributed by atoms with Crippen LogP contribution in [0.2, 0.25) is 0 Å². The summed E-state index contributed by atoms with van der Waals surface area (Å²) in [5.41, 5.74) is 0. The summed E-state index contributed by atoms with van der Waals surface area (Å²) in [5, 5.41) is 3.38. The number of carbonyl (C=O) groups is 2. The molecule has 2 amide bonds. The Bertz CT molecular complexity index is 309. The maximum Gasteiger partial charge on any atom is 0.233 e. The molecule has 4 heteroatoms. The highest BCUT2D eigenvalue weighted by molar-refractivity contribution is 6.08. The number of amides is 2. The first-order valence-electron chi connectivity index (χ1n) is 6.68. The molecule has 0 bridgehead atoms. The van der Waals surface area contributed by atoms with E-state index in [4.69, 9.17) is 0 Å². The smallest absolute Gasteiger partial charge is 0.233 e. The number of carbonyl (C=O) groups excluding carboxylic acids is 2. The first kappa shape index (κ1) is 12.6. The number of nitrogens with one attached hydrogen (secondary N) is 1. The van der Waals surface area contributed by atoms with Crippen LogP contribution in [0.25, 0.3) is 0 Å². The van der Waals surface area contributed by atoms with Crippen molar-refractivity contribution in [3.8, 4) is 0 Å². The van der Waals surface area contributed by atoms with E-state index in [2.05, 4.69) is 26.1 Å². The third-order valence-corrected chi connectivity index (χ3v) is 4.13. The van der Waals surface area contributed by atoms with Gasteiger partial charge in [-0.05, 0) is 18.9 Å². The van der Waals surface area contributed by atoms with Gasteiger partial charge in [0.05, 0.1) is 11.8 Å². The zero-order valence-corrected chi connectivity index (χ0v) is 10.9. The molecule has 2 aliphatic rings. The maximum absolute atomic E-state index is 11.9. The van der Waals surface area contributed by atoms with E-state index < -0.39 is 0 Å². The summed E-state index contributed by atoms with van der Waals surface area (Å²) in [6.07, 6.45) is 1.85. The molecule has 96 valence electrons. The summed E-state index contributed by atoms with van der Waals surface area (Å²) in [4.78, 5) is 25.3. The van der Waals surface area contributed by atoms with Crippen LogP contribution in [-0.2, 0) is 9.59 Å². The van der Waals surface area contributed by atoms with E-state index in [1.165, 1.54) is 4.90 Å². The molecule has 1 aliphatic heterocycles. The van der Waals surface area contributed by atoms with Crippen LogP contribution in [0, 0.1) is 17.8 Å². The Morgan fingerprint density at radius 2 is 1.88 bits per heavy atom. The van der Waals surface area contributed by atoms with Crippen molar-refractivity contribution >= 4 is 11.8 Å². The molecule has 4 nitrogen and oxygen atoms in total. The second kappa shape index (κ2) is 4.77. The third kappa shape index (κ3) is 2.23. The van der Waals surface area contributed by atoms with Crippen molar-refractivity contribution < 1.29 is 9.59 Å². The van der Waals surface area contributed by atoms with Crippen molar-refractivity contribution in [3.63, 3.8) is 0 Å². The molecule has 0 aromatic rings. The summed E-state index contributed by atoms with van der Waals surface area (Å²) >= 11 is 0. The van der Waals surface area contributed by atoms with Gasteiger partial charge in [-0.15, -0.1) is 0 Å². The van der Waals surface area contributed by atoms with Crippen LogP contribution < -0.4 is 5.32 Å². The number of nitrogens with zero attached hydrogens (tertiary/aromatic N) is 1. The highest BCUT2D eigenvalue weighted by atomic mass is 16.2. The minimum atomic E-state index is 0.0294. The van der Waals surface area contributed by atoms with E-state index in [9.17, 15) is 9.59 Å². The molecule has 1 saturated carbocycles. The van der Waals surface area contributed by atoms with Gasteiger partial charge in [0.1, 0.15) is 0 Å². The van der Waals surface area contributed by atoms with E-state index in [0.29, 0.717) is 12.5 Å². The SMILES string of the molecule is CCNC(CN1C(=O)C2CC2C1=O)C(C)CC. The molecule has 1 N–H and O–H groups in total. The van der Waals surface area contributed by atoms with E-state index in [1.807, 2.05) is 0 Å². The fourth-order valence-electron chi connectivity index (χ4n) is 2.62. The minimum absolute atomic E-state index is 0.0294. The van der Waals surface area contributed by atoms with Gasteiger partial charge in [-0.1, -0.05) is 27.2 Å². The fourth-order valence-corrected chi connectivity index (χ4v) is 2.62. The summed E-state index contributed by atoms with van der Waals surface area (Å²) in [6.45, 7) is 7.78. The Morgan fingerprint density at radius 3 is 2.35 bits per heavy atom. The highest BCUT2D eigenvalue weighted by Gasteiger charge is 2.58. The van der Waals surface area contributed by atoms with Crippen LogP contribution in [0.4, 0.5) is 0 Å². The van der Waals surface area contributed by atoms with Gasteiger partial charge < -0.3 is 5.32 Å². The largest absolute Gasteiger partial charge is 0.312 e. The zero-order valence-electron chi connectivity index (χ0n) is 10.9. The van der Waals surface area contributed by atoms with Crippen LogP contribution in [0.3, 0.4) is 0 Å². The van der Waals surface area contributed by atoms with E-state index in [1.54, 1.807) is 0 Å². The van der Waals surface area contributed by atoms with Crippen molar-refractivity contribution in [2.24, 2.45) is 17.8 Å². The maximum atomic E-state index is 11.9. The number of fused-ring (bicyclic) bond motifs is 1. The summed E-state index contributed by atoms with van der Waals surface area (Å²) < 4.78 is 0. The Hall–Kier alpha value is -0.900. The number of imide groups is 1. The Kier molecular flexibility index (Phi) is 3.52. The molecular weight excluding hydrogens is 216 g/mol. The predicted molar refractivity (Wildman–Crippen MR) is 65.2 cm³/mol. The molecular formula is C13H22N2O2. The van der Waals surface area contributed by atoms with Gasteiger partial charge in [0.2, 0.25) is 11.8 Å². The average Bonchev–Trinajstić information content (AvgIpc) is 3.07. The molecule has 1 saturated heterocycles. The Balaban J connectivity index is 1.98. The topological polar surface area (TPSA) is 49.4 Å². The number of hydrogen-bond acceptors (Lipinski definition) is 3.